The van der Waals surface area contributed by atoms with Crippen LogP contribution in [0.15, 0.2) is 78.0 Å². The number of aryl methyl sites for hydroxylation is 1. The van der Waals surface area contributed by atoms with Gasteiger partial charge < -0.3 is 4.90 Å². The van der Waals surface area contributed by atoms with Crippen LogP contribution in [0.5, 0.6) is 0 Å². The second-order valence-electron chi connectivity index (χ2n) is 6.96. The maximum atomic E-state index is 13.3. The van der Waals surface area contributed by atoms with Crippen molar-refractivity contribution in [2.24, 2.45) is 0 Å². The Bertz CT molecular complexity index is 1130. The van der Waals surface area contributed by atoms with Gasteiger partial charge >= 0.3 is 0 Å². The molecule has 0 fully saturated rings. The zero-order valence-electron chi connectivity index (χ0n) is 16.0. The highest BCUT2D eigenvalue weighted by Crippen LogP contribution is 2.29. The highest BCUT2D eigenvalue weighted by atomic mass is 32.2. The van der Waals surface area contributed by atoms with Crippen molar-refractivity contribution in [2.45, 2.75) is 18.2 Å². The van der Waals surface area contributed by atoms with Gasteiger partial charge in [0, 0.05) is 24.6 Å². The van der Waals surface area contributed by atoms with Gasteiger partial charge in [-0.05, 0) is 49.2 Å². The maximum absolute atomic E-state index is 13.3. The first kappa shape index (κ1) is 19.1. The Morgan fingerprint density at radius 3 is 2.55 bits per heavy atom. The number of anilines is 2. The summed E-state index contributed by atoms with van der Waals surface area (Å²) in [6.07, 6.45) is 3.58. The van der Waals surface area contributed by atoms with Gasteiger partial charge in [-0.1, -0.05) is 35.9 Å². The number of carbonyl (C=O) groups is 1. The number of aromatic nitrogens is 1. The lowest BCUT2D eigenvalue weighted by atomic mass is 10.2. The fourth-order valence-electron chi connectivity index (χ4n) is 3.46. The monoisotopic (exact) mass is 407 g/mol. The fourth-order valence-corrected chi connectivity index (χ4v) is 4.84. The molecule has 6 nitrogen and oxygen atoms in total. The van der Waals surface area contributed by atoms with Crippen molar-refractivity contribution in [3.63, 3.8) is 0 Å². The molecule has 0 N–H and O–H groups in total. The van der Waals surface area contributed by atoms with Crippen molar-refractivity contribution in [2.75, 3.05) is 22.3 Å². The summed E-state index contributed by atoms with van der Waals surface area (Å²) in [5.41, 5.74) is 3.39. The van der Waals surface area contributed by atoms with Gasteiger partial charge in [-0.25, -0.2) is 8.42 Å². The molecular weight excluding hydrogens is 386 g/mol. The van der Waals surface area contributed by atoms with Crippen LogP contribution in [0, 0.1) is 6.92 Å². The van der Waals surface area contributed by atoms with E-state index < -0.39 is 10.0 Å². The van der Waals surface area contributed by atoms with Gasteiger partial charge in [0.05, 0.1) is 5.69 Å². The second-order valence-corrected chi connectivity index (χ2v) is 8.82. The standard InChI is InChI=1S/C22H21N3O3S/c1-17-8-10-19(11-9-17)25(29(27,28)20-6-4-13-23-15-20)16-22(26)24-14-12-18-5-2-3-7-21(18)24/h2-11,13,15H,12,14,16H2,1H3. The first-order chi connectivity index (χ1) is 14.0. The Labute approximate surface area is 170 Å². The van der Waals surface area contributed by atoms with Crippen LogP contribution in [0.3, 0.4) is 0 Å². The zero-order valence-corrected chi connectivity index (χ0v) is 16.8. The molecule has 0 saturated carbocycles. The highest BCUT2D eigenvalue weighted by molar-refractivity contribution is 7.92. The van der Waals surface area contributed by atoms with Crippen molar-refractivity contribution in [3.05, 3.63) is 84.2 Å². The molecule has 148 valence electrons. The Kier molecular flexibility index (Phi) is 5.07. The van der Waals surface area contributed by atoms with Crippen molar-refractivity contribution in [1.82, 2.24) is 4.98 Å². The van der Waals surface area contributed by atoms with Crippen molar-refractivity contribution < 1.29 is 13.2 Å². The molecule has 2 heterocycles. The topological polar surface area (TPSA) is 70.6 Å². The molecule has 29 heavy (non-hydrogen) atoms. The van der Waals surface area contributed by atoms with E-state index in [0.717, 1.165) is 27.5 Å². The average Bonchev–Trinajstić information content (AvgIpc) is 3.17. The molecule has 0 unspecified atom stereocenters. The summed E-state index contributed by atoms with van der Waals surface area (Å²) in [4.78, 5) is 18.8. The molecule has 7 heteroatoms. The lowest BCUT2D eigenvalue weighted by molar-refractivity contribution is -0.117. The molecule has 1 aliphatic heterocycles. The highest BCUT2D eigenvalue weighted by Gasteiger charge is 2.31. The number of carbonyl (C=O) groups excluding carboxylic acids is 1. The molecular formula is C22H21N3O3S. The number of hydrogen-bond acceptors (Lipinski definition) is 4. The Morgan fingerprint density at radius 1 is 1.07 bits per heavy atom. The predicted molar refractivity (Wildman–Crippen MR) is 112 cm³/mol. The lowest BCUT2D eigenvalue weighted by Crippen LogP contribution is -2.42. The summed E-state index contributed by atoms with van der Waals surface area (Å²) >= 11 is 0. The molecule has 3 aromatic rings. The smallest absolute Gasteiger partial charge is 0.266 e. The number of nitrogens with zero attached hydrogens (tertiary/aromatic N) is 3. The van der Waals surface area contributed by atoms with Crippen LogP contribution in [0.1, 0.15) is 11.1 Å². The van der Waals surface area contributed by atoms with Gasteiger partial charge in [0.25, 0.3) is 10.0 Å². The van der Waals surface area contributed by atoms with Crippen LogP contribution in [0.25, 0.3) is 0 Å². The normalized spacial score (nSPS) is 13.2. The van der Waals surface area contributed by atoms with Crippen molar-refractivity contribution in [3.8, 4) is 0 Å². The van der Waals surface area contributed by atoms with Gasteiger partial charge in [0.2, 0.25) is 5.91 Å². The minimum absolute atomic E-state index is 0.0511. The van der Waals surface area contributed by atoms with Crippen LogP contribution in [0.4, 0.5) is 11.4 Å². The van der Waals surface area contributed by atoms with E-state index in [2.05, 4.69) is 4.98 Å². The van der Waals surface area contributed by atoms with E-state index in [9.17, 15) is 13.2 Å². The largest absolute Gasteiger partial charge is 0.310 e. The number of para-hydroxylation sites is 1. The summed E-state index contributed by atoms with van der Waals surface area (Å²) < 4.78 is 27.8. The second kappa shape index (κ2) is 7.67. The molecule has 1 amide bonds. The van der Waals surface area contributed by atoms with Gasteiger partial charge in [-0.15, -0.1) is 0 Å². The average molecular weight is 407 g/mol. The zero-order chi connectivity index (χ0) is 20.4. The minimum Gasteiger partial charge on any atom is -0.310 e. The molecule has 2 aromatic carbocycles. The summed E-state index contributed by atoms with van der Waals surface area (Å²) in [6.45, 7) is 2.19. The van der Waals surface area contributed by atoms with Crippen LogP contribution in [0.2, 0.25) is 0 Å². The van der Waals surface area contributed by atoms with Crippen LogP contribution >= 0.6 is 0 Å². The SMILES string of the molecule is Cc1ccc(N(CC(=O)N2CCc3ccccc32)S(=O)(=O)c2cccnc2)cc1. The van der Waals surface area contributed by atoms with Gasteiger partial charge in [-0.3, -0.25) is 14.1 Å². The summed E-state index contributed by atoms with van der Waals surface area (Å²) in [7, 11) is -3.95. The first-order valence-electron chi connectivity index (χ1n) is 9.34. The number of hydrogen-bond donors (Lipinski definition) is 0. The number of rotatable bonds is 5. The third-order valence-electron chi connectivity index (χ3n) is 5.01. The quantitative estimate of drug-likeness (QED) is 0.651. The van der Waals surface area contributed by atoms with E-state index in [4.69, 9.17) is 0 Å². The number of fused-ring (bicyclic) bond motifs is 1. The summed E-state index contributed by atoms with van der Waals surface area (Å²) in [5, 5.41) is 0. The number of amides is 1. The van der Waals surface area contributed by atoms with Crippen molar-refractivity contribution in [1.29, 1.82) is 0 Å². The summed E-state index contributed by atoms with van der Waals surface area (Å²) in [6, 6.07) is 17.9. The molecule has 0 bridgehead atoms. The number of sulfonamides is 1. The molecule has 1 aromatic heterocycles. The van der Waals surface area contributed by atoms with E-state index in [0.29, 0.717) is 12.2 Å². The van der Waals surface area contributed by atoms with Crippen molar-refractivity contribution >= 4 is 27.3 Å². The Morgan fingerprint density at radius 2 is 1.83 bits per heavy atom. The van der Waals surface area contributed by atoms with Crippen LogP contribution in [-0.4, -0.2) is 32.4 Å². The molecule has 0 radical (unpaired) electrons. The molecule has 1 aliphatic rings. The molecule has 0 atom stereocenters. The van der Waals surface area contributed by atoms with Crippen LogP contribution in [-0.2, 0) is 21.2 Å². The van der Waals surface area contributed by atoms with Gasteiger partial charge in [-0.2, -0.15) is 0 Å². The maximum Gasteiger partial charge on any atom is 0.266 e. The third-order valence-corrected chi connectivity index (χ3v) is 6.77. The Hall–Kier alpha value is -3.19. The Balaban J connectivity index is 1.70. The minimum atomic E-state index is -3.95. The van der Waals surface area contributed by atoms with Gasteiger partial charge in [0.15, 0.2) is 0 Å². The van der Waals surface area contributed by atoms with E-state index in [1.165, 1.54) is 18.5 Å². The first-order valence-corrected chi connectivity index (χ1v) is 10.8. The number of pyridine rings is 1. The predicted octanol–water partition coefficient (Wildman–Crippen LogP) is 3.17. The van der Waals surface area contributed by atoms with E-state index in [-0.39, 0.29) is 17.3 Å². The van der Waals surface area contributed by atoms with E-state index in [1.807, 2.05) is 43.3 Å². The molecule has 0 saturated heterocycles. The molecule has 0 aliphatic carbocycles. The number of benzene rings is 2. The van der Waals surface area contributed by atoms with Crippen LogP contribution < -0.4 is 9.21 Å². The molecule has 0 spiro atoms. The summed E-state index contributed by atoms with van der Waals surface area (Å²) in [5.74, 6) is -0.261. The van der Waals surface area contributed by atoms with E-state index in [1.54, 1.807) is 23.1 Å². The third kappa shape index (κ3) is 3.73. The fraction of sp³-hybridized carbons (Fsp3) is 0.182. The van der Waals surface area contributed by atoms with E-state index >= 15 is 0 Å². The lowest BCUT2D eigenvalue weighted by Gasteiger charge is -2.26. The van der Waals surface area contributed by atoms with Gasteiger partial charge in [0.1, 0.15) is 11.4 Å². The molecule has 4 rings (SSSR count).